The molecule has 3 N–H and O–H groups in total. The summed E-state index contributed by atoms with van der Waals surface area (Å²) in [5.74, 6) is -0.188. The fraction of sp³-hybridized carbons (Fsp3) is 0.870. The molecule has 9 heteroatoms. The number of aliphatic hydroxyl groups is 1. The molecule has 0 radical (unpaired) electrons. The first kappa shape index (κ1) is 61.7. The van der Waals surface area contributed by atoms with Crippen LogP contribution in [0.2, 0.25) is 0 Å². The van der Waals surface area contributed by atoms with Crippen LogP contribution in [0, 0.1) is 0 Å². The fourth-order valence-electron chi connectivity index (χ4n) is 7.83. The topological polar surface area (TPSA) is 105 Å². The maximum atomic E-state index is 12.9. The Labute approximate surface area is 391 Å². The molecule has 0 spiro atoms. The first-order chi connectivity index (χ1) is 30.5. The molecule has 0 bridgehead atoms. The van der Waals surface area contributed by atoms with Crippen molar-refractivity contribution >= 4 is 13.7 Å². The Balaban J connectivity index is 4.07. The number of nitrogens with one attached hydrogen (secondary N) is 1. The van der Waals surface area contributed by atoms with Crippen LogP contribution >= 0.6 is 7.82 Å². The highest BCUT2D eigenvalue weighted by molar-refractivity contribution is 7.47. The summed E-state index contributed by atoms with van der Waals surface area (Å²) in [5.41, 5.74) is 0. The Bertz CT molecular complexity index is 1120. The Kier molecular flexibility index (Phi) is 44.9. The molecule has 0 aromatic heterocycles. The van der Waals surface area contributed by atoms with Crippen LogP contribution in [-0.4, -0.2) is 73.4 Å². The standard InChI is InChI=1S/C54H105N2O6P/c1-6-8-10-12-14-16-18-20-21-22-23-24-25-26-27-28-29-30-31-32-33-34-35-36-38-40-42-44-46-48-54(58)55-52(51-62-63(59,60)61-50-49-56(3,4)5)53(57)47-45-43-41-39-37-19-17-15-13-11-9-7-2/h13,15,37,39,45,47,52-53,57H,6-12,14,16-36,38,40-44,46,48-51H2,1-5H3,(H-,55,58,59,60)/p+1/b15-13+,39-37+,47-45+. The molecule has 372 valence electrons. The van der Waals surface area contributed by atoms with Crippen LogP contribution < -0.4 is 5.32 Å². The number of rotatable bonds is 49. The van der Waals surface area contributed by atoms with Crippen molar-refractivity contribution in [3.05, 3.63) is 36.5 Å². The summed E-state index contributed by atoms with van der Waals surface area (Å²) >= 11 is 0. The second-order valence-electron chi connectivity index (χ2n) is 19.6. The first-order valence-electron chi connectivity index (χ1n) is 26.9. The highest BCUT2D eigenvalue weighted by Gasteiger charge is 2.27. The molecule has 0 rings (SSSR count). The summed E-state index contributed by atoms with van der Waals surface area (Å²) in [5, 5.41) is 13.8. The van der Waals surface area contributed by atoms with Crippen LogP contribution in [0.1, 0.15) is 251 Å². The Morgan fingerprint density at radius 2 is 0.873 bits per heavy atom. The van der Waals surface area contributed by atoms with E-state index in [2.05, 4.69) is 43.5 Å². The van der Waals surface area contributed by atoms with Gasteiger partial charge in [0, 0.05) is 6.42 Å². The van der Waals surface area contributed by atoms with Gasteiger partial charge in [0.1, 0.15) is 13.2 Å². The predicted octanol–water partition coefficient (Wildman–Crippen LogP) is 15.8. The van der Waals surface area contributed by atoms with Crippen LogP contribution in [0.5, 0.6) is 0 Å². The zero-order valence-corrected chi connectivity index (χ0v) is 43.2. The molecule has 0 aromatic rings. The number of carbonyl (C=O) groups is 1. The number of likely N-dealkylation sites (N-methyl/N-ethyl adjacent to an activating group) is 1. The van der Waals surface area contributed by atoms with Crippen molar-refractivity contribution in [1.82, 2.24) is 5.32 Å². The molecule has 0 aliphatic carbocycles. The van der Waals surface area contributed by atoms with Gasteiger partial charge >= 0.3 is 7.82 Å². The molecule has 0 saturated heterocycles. The van der Waals surface area contributed by atoms with Gasteiger partial charge in [0.05, 0.1) is 39.9 Å². The minimum absolute atomic E-state index is 0.0547. The van der Waals surface area contributed by atoms with Gasteiger partial charge in [-0.3, -0.25) is 13.8 Å². The van der Waals surface area contributed by atoms with Crippen LogP contribution in [-0.2, 0) is 18.4 Å². The van der Waals surface area contributed by atoms with E-state index in [9.17, 15) is 19.4 Å². The molecule has 63 heavy (non-hydrogen) atoms. The van der Waals surface area contributed by atoms with Gasteiger partial charge in [0.15, 0.2) is 0 Å². The minimum atomic E-state index is -4.35. The second kappa shape index (κ2) is 45.9. The number of phosphoric acid groups is 1. The van der Waals surface area contributed by atoms with Crippen molar-refractivity contribution in [2.75, 3.05) is 40.9 Å². The molecule has 0 fully saturated rings. The van der Waals surface area contributed by atoms with Gasteiger partial charge in [-0.2, -0.15) is 0 Å². The number of amides is 1. The van der Waals surface area contributed by atoms with Crippen molar-refractivity contribution in [2.24, 2.45) is 0 Å². The van der Waals surface area contributed by atoms with Crippen LogP contribution in [0.25, 0.3) is 0 Å². The number of hydrogen-bond donors (Lipinski definition) is 3. The van der Waals surface area contributed by atoms with E-state index in [0.717, 1.165) is 51.4 Å². The van der Waals surface area contributed by atoms with E-state index in [4.69, 9.17) is 9.05 Å². The highest BCUT2D eigenvalue weighted by atomic mass is 31.2. The lowest BCUT2D eigenvalue weighted by molar-refractivity contribution is -0.870. The maximum absolute atomic E-state index is 12.9. The zero-order chi connectivity index (χ0) is 46.4. The van der Waals surface area contributed by atoms with Gasteiger partial charge in [-0.25, -0.2) is 4.57 Å². The molecule has 0 heterocycles. The first-order valence-corrected chi connectivity index (χ1v) is 28.4. The molecule has 0 aliphatic rings. The molecule has 1 amide bonds. The van der Waals surface area contributed by atoms with Crippen molar-refractivity contribution in [3.8, 4) is 0 Å². The monoisotopic (exact) mass is 910 g/mol. The average Bonchev–Trinajstić information content (AvgIpc) is 3.24. The van der Waals surface area contributed by atoms with Crippen molar-refractivity contribution in [3.63, 3.8) is 0 Å². The van der Waals surface area contributed by atoms with Crippen molar-refractivity contribution < 1.29 is 32.9 Å². The minimum Gasteiger partial charge on any atom is -0.387 e. The molecular formula is C54H106N2O6P+. The number of aliphatic hydroxyl groups excluding tert-OH is 1. The number of unbranched alkanes of at least 4 members (excludes halogenated alkanes) is 32. The van der Waals surface area contributed by atoms with Gasteiger partial charge in [-0.1, -0.05) is 243 Å². The molecule has 8 nitrogen and oxygen atoms in total. The number of carbonyl (C=O) groups excluding carboxylic acids is 1. The predicted molar refractivity (Wildman–Crippen MR) is 272 cm³/mol. The number of quaternary nitrogens is 1. The van der Waals surface area contributed by atoms with E-state index >= 15 is 0 Å². The SMILES string of the molecule is CCCC/C=C/CC/C=C/CC/C=C/C(O)C(COP(=O)(O)OCC[N+](C)(C)C)NC(=O)CCCCCCCCCCCCCCCCCCCCCCCCCCCCCCC. The lowest BCUT2D eigenvalue weighted by Crippen LogP contribution is -2.45. The fourth-order valence-corrected chi connectivity index (χ4v) is 8.56. The number of phosphoric ester groups is 1. The quantitative estimate of drug-likeness (QED) is 0.0243. The molecule has 0 aliphatic heterocycles. The lowest BCUT2D eigenvalue weighted by Gasteiger charge is -2.25. The Hall–Kier alpha value is -1.28. The third kappa shape index (κ3) is 48.5. The third-order valence-electron chi connectivity index (χ3n) is 12.1. The maximum Gasteiger partial charge on any atom is 0.472 e. The molecule has 0 aromatic carbocycles. The van der Waals surface area contributed by atoms with Crippen molar-refractivity contribution in [1.29, 1.82) is 0 Å². The van der Waals surface area contributed by atoms with Crippen LogP contribution in [0.3, 0.4) is 0 Å². The van der Waals surface area contributed by atoms with E-state index < -0.39 is 20.0 Å². The van der Waals surface area contributed by atoms with E-state index in [-0.39, 0.29) is 19.1 Å². The number of allylic oxidation sites excluding steroid dienone is 5. The lowest BCUT2D eigenvalue weighted by atomic mass is 10.0. The van der Waals surface area contributed by atoms with Gasteiger partial charge < -0.3 is 19.8 Å². The Morgan fingerprint density at radius 3 is 1.25 bits per heavy atom. The number of hydrogen-bond acceptors (Lipinski definition) is 5. The molecule has 3 unspecified atom stereocenters. The summed E-state index contributed by atoms with van der Waals surface area (Å²) < 4.78 is 23.6. The summed E-state index contributed by atoms with van der Waals surface area (Å²) in [4.78, 5) is 23.2. The van der Waals surface area contributed by atoms with Crippen LogP contribution in [0.4, 0.5) is 0 Å². The molecular weight excluding hydrogens is 804 g/mol. The third-order valence-corrected chi connectivity index (χ3v) is 13.1. The second-order valence-corrected chi connectivity index (χ2v) is 21.0. The summed E-state index contributed by atoms with van der Waals surface area (Å²) in [6.07, 6.45) is 58.3. The van der Waals surface area contributed by atoms with Gasteiger partial charge in [-0.15, -0.1) is 0 Å². The number of nitrogens with zero attached hydrogens (tertiary/aromatic N) is 1. The normalized spacial score (nSPS) is 14.3. The van der Waals surface area contributed by atoms with Gasteiger partial charge in [-0.05, 0) is 38.5 Å². The average molecular weight is 910 g/mol. The zero-order valence-electron chi connectivity index (χ0n) is 42.3. The summed E-state index contributed by atoms with van der Waals surface area (Å²) in [6.45, 7) is 4.76. The molecule has 3 atom stereocenters. The van der Waals surface area contributed by atoms with Crippen molar-refractivity contribution in [2.45, 2.75) is 264 Å². The largest absolute Gasteiger partial charge is 0.472 e. The highest BCUT2D eigenvalue weighted by Crippen LogP contribution is 2.43. The van der Waals surface area contributed by atoms with E-state index in [1.54, 1.807) is 6.08 Å². The van der Waals surface area contributed by atoms with E-state index in [0.29, 0.717) is 17.4 Å². The van der Waals surface area contributed by atoms with Gasteiger partial charge in [0.2, 0.25) is 5.91 Å². The van der Waals surface area contributed by atoms with Crippen LogP contribution in [0.15, 0.2) is 36.5 Å². The summed E-state index contributed by atoms with van der Waals surface area (Å²) in [7, 11) is 1.55. The van der Waals surface area contributed by atoms with Gasteiger partial charge in [0.25, 0.3) is 0 Å². The summed E-state index contributed by atoms with van der Waals surface area (Å²) in [6, 6.07) is -0.866. The van der Waals surface area contributed by atoms with E-state index in [1.807, 2.05) is 27.2 Å². The van der Waals surface area contributed by atoms with E-state index in [1.165, 1.54) is 180 Å². The smallest absolute Gasteiger partial charge is 0.387 e. The Morgan fingerprint density at radius 1 is 0.524 bits per heavy atom. The molecule has 0 saturated carbocycles.